The third kappa shape index (κ3) is 63.5. The lowest BCUT2D eigenvalue weighted by molar-refractivity contribution is -0.143. The van der Waals surface area contributed by atoms with Crippen molar-refractivity contribution < 1.29 is 24.5 Å². The highest BCUT2D eigenvalue weighted by Crippen LogP contribution is 2.19. The van der Waals surface area contributed by atoms with Gasteiger partial charge in [-0.2, -0.15) is 0 Å². The maximum atomic E-state index is 12.5. The van der Waals surface area contributed by atoms with Gasteiger partial charge in [0.2, 0.25) is 5.91 Å². The van der Waals surface area contributed by atoms with Gasteiger partial charge in [-0.1, -0.05) is 334 Å². The van der Waals surface area contributed by atoms with Gasteiger partial charge in [0.15, 0.2) is 0 Å². The highest BCUT2D eigenvalue weighted by molar-refractivity contribution is 5.76. The van der Waals surface area contributed by atoms with Crippen molar-refractivity contribution in [2.24, 2.45) is 0 Å². The molecule has 0 bridgehead atoms. The summed E-state index contributed by atoms with van der Waals surface area (Å²) >= 11 is 0. The zero-order valence-electron chi connectivity index (χ0n) is 52.9. The van der Waals surface area contributed by atoms with Crippen LogP contribution in [0.5, 0.6) is 0 Å². The normalized spacial score (nSPS) is 12.6. The summed E-state index contributed by atoms with van der Waals surface area (Å²) in [5, 5.41) is 23.4. The molecule has 78 heavy (non-hydrogen) atoms. The first-order chi connectivity index (χ1) is 38.5. The zero-order valence-corrected chi connectivity index (χ0v) is 52.9. The molecule has 0 saturated heterocycles. The summed E-state index contributed by atoms with van der Waals surface area (Å²) in [6, 6.07) is -0.546. The lowest BCUT2D eigenvalue weighted by Crippen LogP contribution is -2.45. The van der Waals surface area contributed by atoms with Gasteiger partial charge in [-0.05, 0) is 77.0 Å². The molecule has 0 heterocycles. The molecule has 0 aromatic rings. The number of nitrogens with one attached hydrogen (secondary N) is 1. The van der Waals surface area contributed by atoms with Crippen LogP contribution in [0.1, 0.15) is 399 Å². The minimum Gasteiger partial charge on any atom is -0.466 e. The molecule has 3 N–H and O–H groups in total. The molecule has 6 heteroatoms. The van der Waals surface area contributed by atoms with Gasteiger partial charge in [0.1, 0.15) is 0 Å². The van der Waals surface area contributed by atoms with Gasteiger partial charge in [-0.25, -0.2) is 0 Å². The molecule has 6 nitrogen and oxygen atoms in total. The predicted molar refractivity (Wildman–Crippen MR) is 343 cm³/mol. The van der Waals surface area contributed by atoms with E-state index in [9.17, 15) is 19.8 Å². The highest BCUT2D eigenvalue weighted by Gasteiger charge is 2.20. The average Bonchev–Trinajstić information content (AvgIpc) is 3.44. The van der Waals surface area contributed by atoms with E-state index in [-0.39, 0.29) is 18.5 Å². The molecule has 462 valence electrons. The van der Waals surface area contributed by atoms with E-state index in [4.69, 9.17) is 4.74 Å². The number of aliphatic hydroxyl groups excluding tert-OH is 2. The van der Waals surface area contributed by atoms with Crippen LogP contribution in [0.15, 0.2) is 24.3 Å². The number of carbonyl (C=O) groups excluding carboxylic acids is 2. The SMILES string of the molecule is CCCCCCCCC/C=C\CCCCCCCC(=O)OCCCCCCCCCCCCCC/C=C\CCCCCCCCCCC(=O)NC(CO)C(O)CCCCCCCCCCCCCCCCCCCCCCC. The van der Waals surface area contributed by atoms with Gasteiger partial charge in [-0.3, -0.25) is 9.59 Å². The van der Waals surface area contributed by atoms with Crippen molar-refractivity contribution in [1.82, 2.24) is 5.32 Å². The summed E-state index contributed by atoms with van der Waals surface area (Å²) in [4.78, 5) is 24.6. The Morgan fingerprint density at radius 2 is 0.603 bits per heavy atom. The van der Waals surface area contributed by atoms with Gasteiger partial charge in [0.05, 0.1) is 25.4 Å². The van der Waals surface area contributed by atoms with E-state index in [0.29, 0.717) is 25.9 Å². The van der Waals surface area contributed by atoms with Crippen LogP contribution in [0.25, 0.3) is 0 Å². The topological polar surface area (TPSA) is 95.9 Å². The Bertz CT molecular complexity index is 1220. The van der Waals surface area contributed by atoms with Crippen molar-refractivity contribution in [1.29, 1.82) is 0 Å². The van der Waals surface area contributed by atoms with Crippen LogP contribution in [0.4, 0.5) is 0 Å². The van der Waals surface area contributed by atoms with Crippen molar-refractivity contribution >= 4 is 11.9 Å². The first-order valence-corrected chi connectivity index (χ1v) is 35.6. The van der Waals surface area contributed by atoms with Crippen molar-refractivity contribution in [3.63, 3.8) is 0 Å². The molecule has 2 atom stereocenters. The van der Waals surface area contributed by atoms with E-state index in [1.807, 2.05) is 0 Å². The van der Waals surface area contributed by atoms with Gasteiger partial charge in [0.25, 0.3) is 0 Å². The minimum atomic E-state index is -0.668. The molecule has 0 aliphatic heterocycles. The molecule has 0 radical (unpaired) electrons. The smallest absolute Gasteiger partial charge is 0.305 e. The van der Waals surface area contributed by atoms with Gasteiger partial charge < -0.3 is 20.3 Å². The minimum absolute atomic E-state index is 0.00607. The third-order valence-electron chi connectivity index (χ3n) is 16.7. The lowest BCUT2D eigenvalue weighted by atomic mass is 10.0. The van der Waals surface area contributed by atoms with E-state index in [1.165, 1.54) is 321 Å². The van der Waals surface area contributed by atoms with Gasteiger partial charge >= 0.3 is 5.97 Å². The van der Waals surface area contributed by atoms with Crippen LogP contribution in [0.3, 0.4) is 0 Å². The van der Waals surface area contributed by atoms with Gasteiger partial charge in [-0.15, -0.1) is 0 Å². The van der Waals surface area contributed by atoms with Crippen molar-refractivity contribution in [2.75, 3.05) is 13.2 Å². The number of ether oxygens (including phenoxy) is 1. The van der Waals surface area contributed by atoms with Crippen molar-refractivity contribution in [3.8, 4) is 0 Å². The summed E-state index contributed by atoms with van der Waals surface area (Å²) in [5.74, 6) is -0.0292. The van der Waals surface area contributed by atoms with E-state index >= 15 is 0 Å². The number of hydrogen-bond acceptors (Lipinski definition) is 5. The Balaban J connectivity index is 3.40. The van der Waals surface area contributed by atoms with Crippen LogP contribution >= 0.6 is 0 Å². The average molecular weight is 1100 g/mol. The number of hydrogen-bond donors (Lipinski definition) is 3. The van der Waals surface area contributed by atoms with Gasteiger partial charge in [0, 0.05) is 12.8 Å². The molecule has 0 aromatic carbocycles. The Kier molecular flexibility index (Phi) is 66.4. The van der Waals surface area contributed by atoms with Crippen molar-refractivity contribution in [3.05, 3.63) is 24.3 Å². The molecular formula is C72H139NO5. The molecule has 0 aliphatic carbocycles. The standard InChI is InChI=1S/C72H139NO5/c1-3-5-7-9-11-13-15-17-19-21-22-27-30-33-36-40-44-48-52-56-60-64-70(75)69(68-74)73-71(76)65-61-57-53-49-45-41-37-34-31-28-25-23-24-26-29-32-35-39-43-47-51-55-59-63-67-78-72(77)66-62-58-54-50-46-42-38-20-18-16-14-12-10-8-6-4-2/h20,25,28,38,69-70,74-75H,3-19,21-24,26-27,29-37,39-68H2,1-2H3,(H,73,76)/b28-25-,38-20-. The molecular weight excluding hydrogens is 959 g/mol. The molecule has 0 fully saturated rings. The predicted octanol–water partition coefficient (Wildman–Crippen LogP) is 22.9. The first-order valence-electron chi connectivity index (χ1n) is 35.6. The molecule has 1 amide bonds. The number of rotatable bonds is 67. The summed E-state index contributed by atoms with van der Waals surface area (Å²) in [7, 11) is 0. The number of aliphatic hydroxyl groups is 2. The number of unbranched alkanes of at least 4 members (excludes halogenated alkanes) is 52. The Morgan fingerprint density at radius 1 is 0.346 bits per heavy atom. The summed E-state index contributed by atoms with van der Waals surface area (Å²) in [6.07, 6.45) is 85.1. The molecule has 0 saturated carbocycles. The molecule has 2 unspecified atom stereocenters. The maximum absolute atomic E-state index is 12.5. The number of amides is 1. The highest BCUT2D eigenvalue weighted by atomic mass is 16.5. The van der Waals surface area contributed by atoms with Crippen LogP contribution in [0, 0.1) is 0 Å². The summed E-state index contributed by atoms with van der Waals surface area (Å²) < 4.78 is 5.49. The summed E-state index contributed by atoms with van der Waals surface area (Å²) in [5.41, 5.74) is 0. The fourth-order valence-corrected chi connectivity index (χ4v) is 11.3. The maximum Gasteiger partial charge on any atom is 0.305 e. The second-order valence-corrected chi connectivity index (χ2v) is 24.6. The number of carbonyl (C=O) groups is 2. The van der Waals surface area contributed by atoms with E-state index < -0.39 is 12.1 Å². The second-order valence-electron chi connectivity index (χ2n) is 24.6. The second kappa shape index (κ2) is 67.8. The van der Waals surface area contributed by atoms with Crippen LogP contribution in [-0.4, -0.2) is 47.4 Å². The van der Waals surface area contributed by atoms with E-state index in [2.05, 4.69) is 43.5 Å². The molecule has 0 aliphatic rings. The van der Waals surface area contributed by atoms with Crippen LogP contribution < -0.4 is 5.32 Å². The largest absolute Gasteiger partial charge is 0.466 e. The number of allylic oxidation sites excluding steroid dienone is 4. The third-order valence-corrected chi connectivity index (χ3v) is 16.7. The zero-order chi connectivity index (χ0) is 56.4. The quantitative estimate of drug-likeness (QED) is 0.0320. The molecule has 0 aromatic heterocycles. The fourth-order valence-electron chi connectivity index (χ4n) is 11.3. The molecule has 0 spiro atoms. The van der Waals surface area contributed by atoms with E-state index in [0.717, 1.165) is 44.9 Å². The fraction of sp³-hybridized carbons (Fsp3) is 0.917. The Morgan fingerprint density at radius 3 is 0.910 bits per heavy atom. The number of esters is 1. The van der Waals surface area contributed by atoms with Crippen molar-refractivity contribution in [2.45, 2.75) is 411 Å². The Labute approximate surface area is 488 Å². The van der Waals surface area contributed by atoms with Crippen LogP contribution in [0.2, 0.25) is 0 Å². The summed E-state index contributed by atoms with van der Waals surface area (Å²) in [6.45, 7) is 4.98. The van der Waals surface area contributed by atoms with Crippen LogP contribution in [-0.2, 0) is 14.3 Å². The molecule has 0 rings (SSSR count). The lowest BCUT2D eigenvalue weighted by Gasteiger charge is -2.22. The first kappa shape index (κ1) is 76.3. The monoisotopic (exact) mass is 1100 g/mol. The van der Waals surface area contributed by atoms with E-state index in [1.54, 1.807) is 0 Å². The Hall–Kier alpha value is -1.66.